The summed E-state index contributed by atoms with van der Waals surface area (Å²) in [5, 5.41) is 3.44. The first-order valence-corrected chi connectivity index (χ1v) is 6.74. The van der Waals surface area contributed by atoms with E-state index >= 15 is 0 Å². The van der Waals surface area contributed by atoms with E-state index in [0.29, 0.717) is 6.61 Å². The summed E-state index contributed by atoms with van der Waals surface area (Å²) in [7, 11) is 4.19. The molecule has 1 aromatic rings. The molecule has 0 spiro atoms. The van der Waals surface area contributed by atoms with Crippen LogP contribution in [0, 0.1) is 5.41 Å². The molecule has 108 valence electrons. The summed E-state index contributed by atoms with van der Waals surface area (Å²) in [4.78, 5) is 2.20. The normalized spacial score (nSPS) is 11.7. The van der Waals surface area contributed by atoms with Crippen molar-refractivity contribution in [3.05, 3.63) is 18.2 Å². The number of benzene rings is 1. The minimum absolute atomic E-state index is 0.194. The van der Waals surface area contributed by atoms with Crippen LogP contribution in [-0.2, 0) is 0 Å². The van der Waals surface area contributed by atoms with Crippen molar-refractivity contribution in [2.45, 2.75) is 20.8 Å². The Hall–Kier alpha value is -1.42. The van der Waals surface area contributed by atoms with Gasteiger partial charge in [-0.25, -0.2) is 0 Å². The van der Waals surface area contributed by atoms with Crippen molar-refractivity contribution in [3.63, 3.8) is 0 Å². The van der Waals surface area contributed by atoms with Gasteiger partial charge in [0.2, 0.25) is 0 Å². The Bertz CT molecular complexity index is 402. The van der Waals surface area contributed by atoms with Crippen LogP contribution in [0.5, 0.6) is 5.75 Å². The van der Waals surface area contributed by atoms with Crippen molar-refractivity contribution in [1.82, 2.24) is 4.90 Å². The maximum absolute atomic E-state index is 5.88. The highest BCUT2D eigenvalue weighted by atomic mass is 16.5. The predicted octanol–water partition coefficient (Wildman–Crippen LogP) is 2.67. The van der Waals surface area contributed by atoms with E-state index in [4.69, 9.17) is 10.5 Å². The molecule has 1 aromatic carbocycles. The first-order chi connectivity index (χ1) is 8.82. The van der Waals surface area contributed by atoms with Crippen LogP contribution < -0.4 is 15.8 Å². The Morgan fingerprint density at radius 1 is 1.26 bits per heavy atom. The van der Waals surface area contributed by atoms with Crippen molar-refractivity contribution >= 4 is 11.4 Å². The quantitative estimate of drug-likeness (QED) is 0.744. The number of nitrogen functional groups attached to an aromatic ring is 1. The molecule has 0 aliphatic heterocycles. The lowest BCUT2D eigenvalue weighted by molar-refractivity contribution is 0.254. The largest absolute Gasteiger partial charge is 0.494 e. The van der Waals surface area contributed by atoms with E-state index in [1.807, 2.05) is 25.1 Å². The van der Waals surface area contributed by atoms with E-state index in [1.165, 1.54) is 0 Å². The third-order valence-electron chi connectivity index (χ3n) is 2.76. The van der Waals surface area contributed by atoms with E-state index in [0.717, 1.165) is 30.2 Å². The van der Waals surface area contributed by atoms with Gasteiger partial charge in [0.1, 0.15) is 5.75 Å². The summed E-state index contributed by atoms with van der Waals surface area (Å²) >= 11 is 0. The molecule has 0 atom stereocenters. The third kappa shape index (κ3) is 5.83. The lowest BCUT2D eigenvalue weighted by Gasteiger charge is -2.29. The average Bonchev–Trinajstić information content (AvgIpc) is 2.24. The maximum Gasteiger partial charge on any atom is 0.123 e. The van der Waals surface area contributed by atoms with Gasteiger partial charge >= 0.3 is 0 Å². The second kappa shape index (κ2) is 6.66. The van der Waals surface area contributed by atoms with Crippen LogP contribution in [0.1, 0.15) is 20.8 Å². The molecule has 0 aromatic heterocycles. The lowest BCUT2D eigenvalue weighted by Crippen LogP contribution is -2.34. The lowest BCUT2D eigenvalue weighted by atomic mass is 9.93. The summed E-state index contributed by atoms with van der Waals surface area (Å²) in [6.07, 6.45) is 0. The highest BCUT2D eigenvalue weighted by Crippen LogP contribution is 2.24. The summed E-state index contributed by atoms with van der Waals surface area (Å²) < 4.78 is 5.50. The van der Waals surface area contributed by atoms with Crippen LogP contribution in [0.4, 0.5) is 11.4 Å². The van der Waals surface area contributed by atoms with Gasteiger partial charge < -0.3 is 20.7 Å². The Kier molecular flexibility index (Phi) is 5.48. The average molecular weight is 265 g/mol. The Morgan fingerprint density at radius 2 is 1.95 bits per heavy atom. The van der Waals surface area contributed by atoms with E-state index < -0.39 is 0 Å². The third-order valence-corrected chi connectivity index (χ3v) is 2.76. The molecule has 0 saturated heterocycles. The minimum atomic E-state index is 0.194. The summed E-state index contributed by atoms with van der Waals surface area (Å²) in [5.41, 5.74) is 7.81. The SMILES string of the molecule is CCOc1cc(N)cc(NCC(C)(C)CN(C)C)c1. The van der Waals surface area contributed by atoms with Crippen molar-refractivity contribution in [3.8, 4) is 5.75 Å². The highest BCUT2D eigenvalue weighted by molar-refractivity contribution is 5.59. The Balaban J connectivity index is 2.66. The highest BCUT2D eigenvalue weighted by Gasteiger charge is 2.18. The van der Waals surface area contributed by atoms with Gasteiger partial charge in [-0.1, -0.05) is 13.8 Å². The maximum atomic E-state index is 5.88. The van der Waals surface area contributed by atoms with Crippen LogP contribution in [-0.4, -0.2) is 38.7 Å². The van der Waals surface area contributed by atoms with Crippen molar-refractivity contribution in [1.29, 1.82) is 0 Å². The fraction of sp³-hybridized carbons (Fsp3) is 0.600. The van der Waals surface area contributed by atoms with Gasteiger partial charge in [-0.3, -0.25) is 0 Å². The van der Waals surface area contributed by atoms with E-state index in [9.17, 15) is 0 Å². The summed E-state index contributed by atoms with van der Waals surface area (Å²) in [6.45, 7) is 9.03. The van der Waals surface area contributed by atoms with Gasteiger partial charge in [0, 0.05) is 36.6 Å². The molecule has 0 aliphatic carbocycles. The number of anilines is 2. The van der Waals surface area contributed by atoms with Crippen molar-refractivity contribution in [2.75, 3.05) is 44.8 Å². The minimum Gasteiger partial charge on any atom is -0.494 e. The molecule has 0 fully saturated rings. The number of nitrogens with two attached hydrogens (primary N) is 1. The van der Waals surface area contributed by atoms with Gasteiger partial charge in [-0.15, -0.1) is 0 Å². The summed E-state index contributed by atoms with van der Waals surface area (Å²) in [6, 6.07) is 5.78. The van der Waals surface area contributed by atoms with Gasteiger partial charge in [0.25, 0.3) is 0 Å². The molecule has 3 N–H and O–H groups in total. The second-order valence-electron chi connectivity index (χ2n) is 5.98. The fourth-order valence-electron chi connectivity index (χ4n) is 2.23. The number of ether oxygens (including phenoxy) is 1. The Morgan fingerprint density at radius 3 is 2.53 bits per heavy atom. The molecule has 0 radical (unpaired) electrons. The number of rotatable bonds is 7. The van der Waals surface area contributed by atoms with Crippen molar-refractivity contribution < 1.29 is 4.74 Å². The van der Waals surface area contributed by atoms with E-state index in [1.54, 1.807) is 0 Å². The van der Waals surface area contributed by atoms with Crippen LogP contribution >= 0.6 is 0 Å². The van der Waals surface area contributed by atoms with Gasteiger partial charge in [-0.2, -0.15) is 0 Å². The summed E-state index contributed by atoms with van der Waals surface area (Å²) in [5.74, 6) is 0.815. The molecule has 0 bridgehead atoms. The van der Waals surface area contributed by atoms with Gasteiger partial charge in [-0.05, 0) is 32.5 Å². The van der Waals surface area contributed by atoms with Crippen LogP contribution in [0.15, 0.2) is 18.2 Å². The van der Waals surface area contributed by atoms with E-state index in [2.05, 4.69) is 38.2 Å². The molecular weight excluding hydrogens is 238 g/mol. The molecule has 0 aliphatic rings. The molecule has 1 rings (SSSR count). The predicted molar refractivity (Wildman–Crippen MR) is 82.8 cm³/mol. The van der Waals surface area contributed by atoms with Gasteiger partial charge in [0.15, 0.2) is 0 Å². The van der Waals surface area contributed by atoms with Crippen LogP contribution in [0.2, 0.25) is 0 Å². The Labute approximate surface area is 116 Å². The fourth-order valence-corrected chi connectivity index (χ4v) is 2.23. The topological polar surface area (TPSA) is 50.5 Å². The molecule has 0 saturated carbocycles. The smallest absolute Gasteiger partial charge is 0.123 e. The van der Waals surface area contributed by atoms with Crippen LogP contribution in [0.3, 0.4) is 0 Å². The molecule has 4 nitrogen and oxygen atoms in total. The zero-order valence-electron chi connectivity index (χ0n) is 12.8. The number of hydrogen-bond donors (Lipinski definition) is 2. The number of nitrogens with zero attached hydrogens (tertiary/aromatic N) is 1. The second-order valence-corrected chi connectivity index (χ2v) is 5.98. The first-order valence-electron chi connectivity index (χ1n) is 6.74. The molecular formula is C15H27N3O. The zero-order valence-corrected chi connectivity index (χ0v) is 12.8. The molecule has 19 heavy (non-hydrogen) atoms. The van der Waals surface area contributed by atoms with Crippen molar-refractivity contribution in [2.24, 2.45) is 5.41 Å². The molecule has 0 amide bonds. The monoisotopic (exact) mass is 265 g/mol. The standard InChI is InChI=1S/C15H27N3O/c1-6-19-14-8-12(16)7-13(9-14)17-10-15(2,3)11-18(4)5/h7-9,17H,6,10-11,16H2,1-5H3. The molecule has 0 heterocycles. The molecule has 0 unspecified atom stereocenters. The molecule has 4 heteroatoms. The van der Waals surface area contributed by atoms with Gasteiger partial charge in [0.05, 0.1) is 6.61 Å². The van der Waals surface area contributed by atoms with E-state index in [-0.39, 0.29) is 5.41 Å². The zero-order chi connectivity index (χ0) is 14.5. The van der Waals surface area contributed by atoms with Crippen LogP contribution in [0.25, 0.3) is 0 Å². The number of nitrogens with one attached hydrogen (secondary N) is 1. The number of hydrogen-bond acceptors (Lipinski definition) is 4. The first kappa shape index (κ1) is 15.6.